The Hall–Kier alpha value is -1.30. The molecule has 4 nitrogen and oxygen atoms in total. The molecule has 2 unspecified atom stereocenters. The molecule has 0 aliphatic heterocycles. The summed E-state index contributed by atoms with van der Waals surface area (Å²) in [7, 11) is 3.92. The Morgan fingerprint density at radius 1 is 1.08 bits per heavy atom. The van der Waals surface area contributed by atoms with Crippen LogP contribution in [0.4, 0.5) is 0 Å². The molecule has 7 heteroatoms. The van der Waals surface area contributed by atoms with Crippen molar-refractivity contribution in [3.05, 3.63) is 70.7 Å². The smallest absolute Gasteiger partial charge is 0.237 e. The van der Waals surface area contributed by atoms with E-state index in [-0.39, 0.29) is 36.8 Å². The molecule has 0 bridgehead atoms. The third-order valence-electron chi connectivity index (χ3n) is 3.99. The molecule has 0 aromatic heterocycles. The van der Waals surface area contributed by atoms with Gasteiger partial charge in [0.05, 0.1) is 12.1 Å². The Morgan fingerprint density at radius 3 is 2.23 bits per heavy atom. The van der Waals surface area contributed by atoms with Crippen LogP contribution in [-0.2, 0) is 11.2 Å². The van der Waals surface area contributed by atoms with Gasteiger partial charge in [0.1, 0.15) is 0 Å². The van der Waals surface area contributed by atoms with Crippen LogP contribution in [0.2, 0.25) is 5.02 Å². The lowest BCUT2D eigenvalue weighted by Crippen LogP contribution is -2.44. The molecule has 0 spiro atoms. The molecular formula is C19H26Cl3N3O. The molecule has 0 saturated heterocycles. The number of hydrogen-bond acceptors (Lipinski definition) is 3. The van der Waals surface area contributed by atoms with Crippen LogP contribution in [0.1, 0.15) is 17.2 Å². The zero-order valence-corrected chi connectivity index (χ0v) is 17.3. The second kappa shape index (κ2) is 12.2. The molecule has 0 fully saturated rings. The number of nitrogens with one attached hydrogen (secondary N) is 1. The normalized spacial score (nSPS) is 12.5. The lowest BCUT2D eigenvalue weighted by Gasteiger charge is -2.26. The molecule has 0 aliphatic rings. The van der Waals surface area contributed by atoms with Crippen LogP contribution in [0.5, 0.6) is 0 Å². The van der Waals surface area contributed by atoms with E-state index in [1.54, 1.807) is 0 Å². The first kappa shape index (κ1) is 24.7. The molecule has 2 aromatic carbocycles. The van der Waals surface area contributed by atoms with Crippen molar-refractivity contribution in [1.29, 1.82) is 0 Å². The summed E-state index contributed by atoms with van der Waals surface area (Å²) in [5.41, 5.74) is 8.07. The van der Waals surface area contributed by atoms with E-state index in [1.165, 1.54) is 0 Å². The molecule has 0 radical (unpaired) electrons. The van der Waals surface area contributed by atoms with E-state index in [9.17, 15) is 4.79 Å². The number of rotatable bonds is 7. The summed E-state index contributed by atoms with van der Waals surface area (Å²) in [5, 5.41) is 3.64. The molecule has 0 saturated carbocycles. The van der Waals surface area contributed by atoms with Crippen molar-refractivity contribution in [2.24, 2.45) is 5.73 Å². The molecular weight excluding hydrogens is 393 g/mol. The number of hydrogen-bond donors (Lipinski definition) is 2. The standard InChI is InChI=1S/C19H24ClN3O.2ClH/c1-23(2)18(15-10-6-7-11-16(15)20)13-22-19(24)17(21)12-14-8-4-3-5-9-14;;/h3-11,17-18H,12-13,21H2,1-2H3,(H,22,24);2*1H. The minimum atomic E-state index is -0.568. The van der Waals surface area contributed by atoms with Gasteiger partial charge >= 0.3 is 0 Å². The number of nitrogens with zero attached hydrogens (tertiary/aromatic N) is 1. The monoisotopic (exact) mass is 417 g/mol. The largest absolute Gasteiger partial charge is 0.353 e. The number of nitrogens with two attached hydrogens (primary N) is 1. The summed E-state index contributed by atoms with van der Waals surface area (Å²) in [4.78, 5) is 14.3. The van der Waals surface area contributed by atoms with Gasteiger partial charge < -0.3 is 16.0 Å². The van der Waals surface area contributed by atoms with Crippen molar-refractivity contribution >= 4 is 42.3 Å². The Kier molecular flexibility index (Phi) is 11.5. The number of carbonyl (C=O) groups excluding carboxylic acids is 1. The van der Waals surface area contributed by atoms with Gasteiger partial charge in [-0.2, -0.15) is 0 Å². The Morgan fingerprint density at radius 2 is 1.65 bits per heavy atom. The average Bonchev–Trinajstić information content (AvgIpc) is 2.57. The molecule has 3 N–H and O–H groups in total. The lowest BCUT2D eigenvalue weighted by molar-refractivity contribution is -0.122. The maximum atomic E-state index is 12.3. The number of carbonyl (C=O) groups is 1. The van der Waals surface area contributed by atoms with Gasteiger partial charge in [0, 0.05) is 11.6 Å². The van der Waals surface area contributed by atoms with Gasteiger partial charge in [0.2, 0.25) is 5.91 Å². The van der Waals surface area contributed by atoms with Crippen LogP contribution in [0, 0.1) is 0 Å². The van der Waals surface area contributed by atoms with Crippen molar-refractivity contribution in [2.75, 3.05) is 20.6 Å². The molecule has 2 rings (SSSR count). The molecule has 144 valence electrons. The highest BCUT2D eigenvalue weighted by Crippen LogP contribution is 2.25. The molecule has 2 atom stereocenters. The predicted octanol–water partition coefficient (Wildman–Crippen LogP) is 3.47. The van der Waals surface area contributed by atoms with E-state index in [1.807, 2.05) is 73.6 Å². The number of likely N-dealkylation sites (N-methyl/N-ethyl adjacent to an activating group) is 1. The van der Waals surface area contributed by atoms with Crippen LogP contribution < -0.4 is 11.1 Å². The van der Waals surface area contributed by atoms with E-state index in [0.29, 0.717) is 18.0 Å². The summed E-state index contributed by atoms with van der Waals surface area (Å²) in [6, 6.07) is 16.9. The quantitative estimate of drug-likeness (QED) is 0.724. The Bertz CT molecular complexity index is 668. The fourth-order valence-electron chi connectivity index (χ4n) is 2.61. The first-order valence-corrected chi connectivity index (χ1v) is 8.35. The molecule has 26 heavy (non-hydrogen) atoms. The van der Waals surface area contributed by atoms with E-state index >= 15 is 0 Å². The second-order valence-corrected chi connectivity index (χ2v) is 6.45. The SMILES string of the molecule is CN(C)C(CNC(=O)C(N)Cc1ccccc1)c1ccccc1Cl.Cl.Cl. The number of halogens is 3. The van der Waals surface area contributed by atoms with Gasteiger partial charge in [-0.25, -0.2) is 0 Å². The van der Waals surface area contributed by atoms with Crippen LogP contribution in [-0.4, -0.2) is 37.5 Å². The summed E-state index contributed by atoms with van der Waals surface area (Å²) < 4.78 is 0. The number of amides is 1. The summed E-state index contributed by atoms with van der Waals surface area (Å²) in [6.07, 6.45) is 0.519. The first-order chi connectivity index (χ1) is 11.5. The summed E-state index contributed by atoms with van der Waals surface area (Å²) >= 11 is 6.28. The van der Waals surface area contributed by atoms with Crippen LogP contribution in [0.25, 0.3) is 0 Å². The molecule has 0 heterocycles. The lowest BCUT2D eigenvalue weighted by atomic mass is 10.0. The van der Waals surface area contributed by atoms with E-state index < -0.39 is 6.04 Å². The van der Waals surface area contributed by atoms with Gasteiger partial charge in [-0.15, -0.1) is 24.8 Å². The van der Waals surface area contributed by atoms with Crippen molar-refractivity contribution in [1.82, 2.24) is 10.2 Å². The van der Waals surface area contributed by atoms with E-state index in [0.717, 1.165) is 11.1 Å². The van der Waals surface area contributed by atoms with Gasteiger partial charge in [-0.05, 0) is 37.7 Å². The topological polar surface area (TPSA) is 58.4 Å². The van der Waals surface area contributed by atoms with Crippen LogP contribution in [0.15, 0.2) is 54.6 Å². The number of benzene rings is 2. The van der Waals surface area contributed by atoms with Crippen molar-refractivity contribution in [3.8, 4) is 0 Å². The van der Waals surface area contributed by atoms with Crippen molar-refractivity contribution in [2.45, 2.75) is 18.5 Å². The molecule has 1 amide bonds. The second-order valence-electron chi connectivity index (χ2n) is 6.04. The maximum Gasteiger partial charge on any atom is 0.237 e. The van der Waals surface area contributed by atoms with E-state index in [2.05, 4.69) is 5.32 Å². The third-order valence-corrected chi connectivity index (χ3v) is 4.34. The van der Waals surface area contributed by atoms with Crippen molar-refractivity contribution < 1.29 is 4.79 Å². The first-order valence-electron chi connectivity index (χ1n) is 7.97. The van der Waals surface area contributed by atoms with E-state index in [4.69, 9.17) is 17.3 Å². The average molecular weight is 419 g/mol. The predicted molar refractivity (Wildman–Crippen MR) is 114 cm³/mol. The fraction of sp³-hybridized carbons (Fsp3) is 0.316. The Balaban J connectivity index is 0.00000312. The minimum absolute atomic E-state index is 0. The zero-order valence-electron chi connectivity index (χ0n) is 14.9. The van der Waals surface area contributed by atoms with Crippen LogP contribution >= 0.6 is 36.4 Å². The van der Waals surface area contributed by atoms with Gasteiger partial charge in [-0.3, -0.25) is 4.79 Å². The third kappa shape index (κ3) is 7.14. The van der Waals surface area contributed by atoms with Crippen molar-refractivity contribution in [3.63, 3.8) is 0 Å². The minimum Gasteiger partial charge on any atom is -0.353 e. The highest BCUT2D eigenvalue weighted by molar-refractivity contribution is 6.31. The fourth-order valence-corrected chi connectivity index (χ4v) is 2.87. The maximum absolute atomic E-state index is 12.3. The summed E-state index contributed by atoms with van der Waals surface area (Å²) in [5.74, 6) is -0.155. The highest BCUT2D eigenvalue weighted by atomic mass is 35.5. The molecule has 2 aromatic rings. The van der Waals surface area contributed by atoms with Gasteiger partial charge in [-0.1, -0.05) is 60.1 Å². The Labute approximate surface area is 172 Å². The van der Waals surface area contributed by atoms with Crippen LogP contribution in [0.3, 0.4) is 0 Å². The summed E-state index contributed by atoms with van der Waals surface area (Å²) in [6.45, 7) is 0.456. The zero-order chi connectivity index (χ0) is 17.5. The molecule has 0 aliphatic carbocycles. The van der Waals surface area contributed by atoms with Gasteiger partial charge in [0.25, 0.3) is 0 Å². The van der Waals surface area contributed by atoms with Gasteiger partial charge in [0.15, 0.2) is 0 Å². The highest BCUT2D eigenvalue weighted by Gasteiger charge is 2.20.